The van der Waals surface area contributed by atoms with E-state index < -0.39 is 18.0 Å². The first-order valence-electron chi connectivity index (χ1n) is 7.28. The Kier molecular flexibility index (Phi) is 4.65. The van der Waals surface area contributed by atoms with Gasteiger partial charge in [-0.05, 0) is 57.0 Å². The average Bonchev–Trinajstić information content (AvgIpc) is 2.42. The number of hydrogen-bond acceptors (Lipinski definition) is 4. The van der Waals surface area contributed by atoms with Crippen LogP contribution >= 0.6 is 0 Å². The van der Waals surface area contributed by atoms with Crippen molar-refractivity contribution < 1.29 is 24.9 Å². The number of rotatable bonds is 4. The second-order valence-electron chi connectivity index (χ2n) is 6.27. The normalized spacial score (nSPS) is 25.4. The van der Waals surface area contributed by atoms with Gasteiger partial charge in [0.25, 0.3) is 0 Å². The Labute approximate surface area is 118 Å². The molecule has 1 unspecified atom stereocenters. The van der Waals surface area contributed by atoms with Gasteiger partial charge in [0.1, 0.15) is 0 Å². The van der Waals surface area contributed by atoms with Crippen molar-refractivity contribution in [3.8, 4) is 0 Å². The average molecular weight is 285 g/mol. The van der Waals surface area contributed by atoms with E-state index in [9.17, 15) is 14.7 Å². The molecule has 0 aromatic rings. The maximum absolute atomic E-state index is 11.0. The van der Waals surface area contributed by atoms with Gasteiger partial charge in [0, 0.05) is 6.54 Å². The van der Waals surface area contributed by atoms with Crippen LogP contribution in [0.1, 0.15) is 38.5 Å². The summed E-state index contributed by atoms with van der Waals surface area (Å²) in [5.41, 5.74) is 0.247. The minimum atomic E-state index is -1.31. The van der Waals surface area contributed by atoms with Crippen LogP contribution in [0.15, 0.2) is 0 Å². The van der Waals surface area contributed by atoms with Gasteiger partial charge in [0.2, 0.25) is 0 Å². The Morgan fingerprint density at radius 1 is 1.10 bits per heavy atom. The van der Waals surface area contributed by atoms with Gasteiger partial charge in [0.15, 0.2) is 6.10 Å². The standard InChI is InChI=1S/C14H23NO5/c16-11(13(19)20)9-15-7-5-14(6-8-15)3-1-10(2-4-14)12(17)18/h10-11,16H,1-9H2,(H,17,18)(H,19,20). The van der Waals surface area contributed by atoms with Gasteiger partial charge < -0.3 is 20.2 Å². The van der Waals surface area contributed by atoms with Crippen LogP contribution < -0.4 is 0 Å². The summed E-state index contributed by atoms with van der Waals surface area (Å²) < 4.78 is 0. The van der Waals surface area contributed by atoms with Crippen molar-refractivity contribution in [2.75, 3.05) is 19.6 Å². The smallest absolute Gasteiger partial charge is 0.333 e. The van der Waals surface area contributed by atoms with Gasteiger partial charge in [-0.2, -0.15) is 0 Å². The number of nitrogens with zero attached hydrogens (tertiary/aromatic N) is 1. The monoisotopic (exact) mass is 285 g/mol. The minimum Gasteiger partial charge on any atom is -0.481 e. The third kappa shape index (κ3) is 3.49. The lowest BCUT2D eigenvalue weighted by atomic mass is 9.65. The number of β-amino-alcohol motifs (C(OH)–C–C–N with tert-alkyl or cyclic N) is 1. The SMILES string of the molecule is O=C(O)C(O)CN1CCC2(CCC(C(=O)O)CC2)CC1. The second kappa shape index (κ2) is 6.10. The highest BCUT2D eigenvalue weighted by atomic mass is 16.4. The van der Waals surface area contributed by atoms with Crippen LogP contribution in [0.2, 0.25) is 0 Å². The molecular weight excluding hydrogens is 262 g/mol. The first-order valence-corrected chi connectivity index (χ1v) is 7.28. The molecule has 1 atom stereocenters. The predicted molar refractivity (Wildman–Crippen MR) is 71.3 cm³/mol. The zero-order valence-electron chi connectivity index (χ0n) is 11.6. The molecule has 0 radical (unpaired) electrons. The van der Waals surface area contributed by atoms with Gasteiger partial charge in [-0.15, -0.1) is 0 Å². The first-order chi connectivity index (χ1) is 9.42. The van der Waals surface area contributed by atoms with Crippen LogP contribution in [0, 0.1) is 11.3 Å². The van der Waals surface area contributed by atoms with Gasteiger partial charge in [-0.1, -0.05) is 0 Å². The van der Waals surface area contributed by atoms with Gasteiger partial charge in [-0.25, -0.2) is 4.79 Å². The Bertz CT molecular complexity index is 366. The molecule has 0 amide bonds. The molecule has 2 aliphatic rings. The van der Waals surface area contributed by atoms with E-state index in [1.54, 1.807) is 0 Å². The van der Waals surface area contributed by atoms with E-state index in [1.165, 1.54) is 0 Å². The van der Waals surface area contributed by atoms with Gasteiger partial charge in [0.05, 0.1) is 5.92 Å². The topological polar surface area (TPSA) is 98.1 Å². The van der Waals surface area contributed by atoms with E-state index in [2.05, 4.69) is 0 Å². The summed E-state index contributed by atoms with van der Waals surface area (Å²) in [6, 6.07) is 0. The van der Waals surface area contributed by atoms with E-state index in [0.717, 1.165) is 51.6 Å². The van der Waals surface area contributed by atoms with Crippen LogP contribution in [-0.2, 0) is 9.59 Å². The third-order valence-electron chi connectivity index (χ3n) is 5.03. The molecular formula is C14H23NO5. The number of aliphatic carboxylic acids is 2. The van der Waals surface area contributed by atoms with E-state index in [1.807, 2.05) is 4.90 Å². The molecule has 20 heavy (non-hydrogen) atoms. The molecule has 1 aliphatic heterocycles. The summed E-state index contributed by atoms with van der Waals surface area (Å²) in [4.78, 5) is 23.6. The lowest BCUT2D eigenvalue weighted by molar-refractivity contribution is -0.148. The number of hydrogen-bond donors (Lipinski definition) is 3. The van der Waals surface area contributed by atoms with Crippen molar-refractivity contribution in [2.45, 2.75) is 44.6 Å². The number of carboxylic acid groups (broad SMARTS) is 2. The zero-order chi connectivity index (χ0) is 14.8. The van der Waals surface area contributed by atoms with E-state index in [4.69, 9.17) is 10.2 Å². The summed E-state index contributed by atoms with van der Waals surface area (Å²) in [7, 11) is 0. The molecule has 3 N–H and O–H groups in total. The van der Waals surface area contributed by atoms with Crippen molar-refractivity contribution in [2.24, 2.45) is 11.3 Å². The molecule has 1 saturated carbocycles. The van der Waals surface area contributed by atoms with Gasteiger partial charge in [-0.3, -0.25) is 4.79 Å². The molecule has 6 heteroatoms. The number of likely N-dealkylation sites (tertiary alicyclic amines) is 1. The summed E-state index contributed by atoms with van der Waals surface area (Å²) in [6.45, 7) is 1.77. The molecule has 1 saturated heterocycles. The molecule has 0 bridgehead atoms. The fourth-order valence-electron chi connectivity index (χ4n) is 3.51. The van der Waals surface area contributed by atoms with Crippen LogP contribution in [0.3, 0.4) is 0 Å². The number of aliphatic hydroxyl groups excluding tert-OH is 1. The number of carbonyl (C=O) groups is 2. The van der Waals surface area contributed by atoms with E-state index in [-0.39, 0.29) is 17.9 Å². The number of carboxylic acids is 2. The summed E-state index contributed by atoms with van der Waals surface area (Å²) >= 11 is 0. The summed E-state index contributed by atoms with van der Waals surface area (Å²) in [6.07, 6.45) is 4.07. The Balaban J connectivity index is 1.80. The van der Waals surface area contributed by atoms with Crippen molar-refractivity contribution >= 4 is 11.9 Å². The zero-order valence-corrected chi connectivity index (χ0v) is 11.6. The highest BCUT2D eigenvalue weighted by Crippen LogP contribution is 2.46. The molecule has 1 aliphatic carbocycles. The number of piperidine rings is 1. The van der Waals surface area contributed by atoms with Crippen molar-refractivity contribution in [1.82, 2.24) is 4.90 Å². The number of aliphatic hydroxyl groups is 1. The summed E-state index contributed by atoms with van der Waals surface area (Å²) in [5.74, 6) is -2.04. The van der Waals surface area contributed by atoms with Crippen LogP contribution in [0.25, 0.3) is 0 Å². The maximum atomic E-state index is 11.0. The van der Waals surface area contributed by atoms with Crippen molar-refractivity contribution in [3.63, 3.8) is 0 Å². The van der Waals surface area contributed by atoms with Crippen molar-refractivity contribution in [3.05, 3.63) is 0 Å². The molecule has 0 aromatic carbocycles. The highest BCUT2D eigenvalue weighted by molar-refractivity contribution is 5.72. The molecule has 1 spiro atoms. The first kappa shape index (κ1) is 15.3. The highest BCUT2D eigenvalue weighted by Gasteiger charge is 2.39. The fourth-order valence-corrected chi connectivity index (χ4v) is 3.51. The fraction of sp³-hybridized carbons (Fsp3) is 0.857. The third-order valence-corrected chi connectivity index (χ3v) is 5.03. The largest absolute Gasteiger partial charge is 0.481 e. The molecule has 2 rings (SSSR count). The molecule has 6 nitrogen and oxygen atoms in total. The van der Waals surface area contributed by atoms with Crippen LogP contribution in [0.5, 0.6) is 0 Å². The lowest BCUT2D eigenvalue weighted by Crippen LogP contribution is -2.46. The predicted octanol–water partition coefficient (Wildman–Crippen LogP) is 0.789. The van der Waals surface area contributed by atoms with Crippen LogP contribution in [0.4, 0.5) is 0 Å². The maximum Gasteiger partial charge on any atom is 0.333 e. The second-order valence-corrected chi connectivity index (χ2v) is 6.27. The van der Waals surface area contributed by atoms with E-state index in [0.29, 0.717) is 0 Å². The molecule has 2 fully saturated rings. The molecule has 1 heterocycles. The summed E-state index contributed by atoms with van der Waals surface area (Å²) in [5, 5.41) is 27.1. The van der Waals surface area contributed by atoms with Crippen molar-refractivity contribution in [1.29, 1.82) is 0 Å². The Morgan fingerprint density at radius 3 is 2.10 bits per heavy atom. The molecule has 0 aromatic heterocycles. The quantitative estimate of drug-likeness (QED) is 0.706. The Hall–Kier alpha value is -1.14. The lowest BCUT2D eigenvalue weighted by Gasteiger charge is -2.45. The van der Waals surface area contributed by atoms with Crippen LogP contribution in [-0.4, -0.2) is 57.9 Å². The molecule has 114 valence electrons. The van der Waals surface area contributed by atoms with E-state index >= 15 is 0 Å². The minimum absolute atomic E-state index is 0.184. The van der Waals surface area contributed by atoms with Gasteiger partial charge >= 0.3 is 11.9 Å². The Morgan fingerprint density at radius 2 is 1.65 bits per heavy atom.